The van der Waals surface area contributed by atoms with Crippen molar-refractivity contribution in [3.05, 3.63) is 30.5 Å². The van der Waals surface area contributed by atoms with Crippen LogP contribution in [0.1, 0.15) is 12.8 Å². The highest BCUT2D eigenvalue weighted by molar-refractivity contribution is 9.09. The Balaban J connectivity index is 1.94. The Labute approximate surface area is 109 Å². The third kappa shape index (κ3) is 2.27. The van der Waals surface area contributed by atoms with E-state index < -0.39 is 0 Å². The Bertz CT molecular complexity index is 529. The van der Waals surface area contributed by atoms with Gasteiger partial charge in [-0.1, -0.05) is 34.1 Å². The summed E-state index contributed by atoms with van der Waals surface area (Å²) in [7, 11) is 0. The maximum Gasteiger partial charge on any atom is 0.225 e. The molecule has 0 bridgehead atoms. The largest absolute Gasteiger partial charge is 0.340 e. The van der Waals surface area contributed by atoms with Gasteiger partial charge < -0.3 is 4.90 Å². The Morgan fingerprint density at radius 1 is 1.29 bits per heavy atom. The third-order valence-electron chi connectivity index (χ3n) is 3.12. The smallest absolute Gasteiger partial charge is 0.225 e. The highest BCUT2D eigenvalue weighted by Crippen LogP contribution is 2.21. The molecule has 1 aliphatic heterocycles. The van der Waals surface area contributed by atoms with Crippen LogP contribution in [-0.4, -0.2) is 27.9 Å². The van der Waals surface area contributed by atoms with E-state index in [2.05, 4.69) is 30.8 Å². The summed E-state index contributed by atoms with van der Waals surface area (Å²) < 4.78 is 0. The van der Waals surface area contributed by atoms with Gasteiger partial charge in [-0.2, -0.15) is 0 Å². The van der Waals surface area contributed by atoms with Gasteiger partial charge in [0.05, 0.1) is 5.52 Å². The quantitative estimate of drug-likeness (QED) is 0.757. The number of nitrogens with zero attached hydrogens (tertiary/aromatic N) is 3. The maximum atomic E-state index is 4.63. The predicted octanol–water partition coefficient (Wildman–Crippen LogP) is 2.99. The Morgan fingerprint density at radius 3 is 3.06 bits per heavy atom. The molecule has 0 aliphatic carbocycles. The van der Waals surface area contributed by atoms with Crippen LogP contribution in [0.3, 0.4) is 0 Å². The van der Waals surface area contributed by atoms with Crippen molar-refractivity contribution in [2.45, 2.75) is 17.7 Å². The monoisotopic (exact) mass is 291 g/mol. The molecular formula is C13H14BrN3. The number of rotatable bonds is 1. The van der Waals surface area contributed by atoms with Crippen LogP contribution in [0.15, 0.2) is 30.5 Å². The molecule has 17 heavy (non-hydrogen) atoms. The number of hydrogen-bond donors (Lipinski definition) is 0. The molecule has 1 unspecified atom stereocenters. The fourth-order valence-electron chi connectivity index (χ4n) is 2.22. The molecule has 1 aliphatic rings. The second-order valence-corrected chi connectivity index (χ2v) is 5.71. The van der Waals surface area contributed by atoms with E-state index in [4.69, 9.17) is 0 Å². The molecular weight excluding hydrogens is 278 g/mol. The summed E-state index contributed by atoms with van der Waals surface area (Å²) in [6.07, 6.45) is 4.35. The van der Waals surface area contributed by atoms with Crippen molar-refractivity contribution in [3.8, 4) is 0 Å². The summed E-state index contributed by atoms with van der Waals surface area (Å²) in [4.78, 5) is 11.9. The van der Waals surface area contributed by atoms with E-state index in [1.54, 1.807) is 0 Å². The van der Waals surface area contributed by atoms with Crippen molar-refractivity contribution in [1.29, 1.82) is 0 Å². The number of alkyl halides is 1. The van der Waals surface area contributed by atoms with Crippen LogP contribution >= 0.6 is 15.9 Å². The lowest BCUT2D eigenvalue weighted by Crippen LogP contribution is -2.36. The standard InChI is InChI=1S/C13H14BrN3/c14-11-5-3-7-17(9-11)13-15-8-10-4-1-2-6-12(10)16-13/h1-2,4,6,8,11H,3,5,7,9H2. The summed E-state index contributed by atoms with van der Waals surface area (Å²) in [5.74, 6) is 0.854. The molecule has 1 saturated heterocycles. The van der Waals surface area contributed by atoms with Crippen LogP contribution in [-0.2, 0) is 0 Å². The molecule has 3 nitrogen and oxygen atoms in total. The molecule has 0 N–H and O–H groups in total. The van der Waals surface area contributed by atoms with E-state index in [1.165, 1.54) is 12.8 Å². The van der Waals surface area contributed by atoms with Crippen LogP contribution < -0.4 is 4.90 Å². The minimum Gasteiger partial charge on any atom is -0.340 e. The van der Waals surface area contributed by atoms with Crippen molar-refractivity contribution >= 4 is 32.8 Å². The molecule has 1 fully saturated rings. The molecule has 2 aromatic rings. The zero-order chi connectivity index (χ0) is 11.7. The molecule has 2 heterocycles. The van der Waals surface area contributed by atoms with E-state index in [-0.39, 0.29) is 0 Å². The highest BCUT2D eigenvalue weighted by atomic mass is 79.9. The van der Waals surface area contributed by atoms with Gasteiger partial charge in [-0.3, -0.25) is 0 Å². The number of fused-ring (bicyclic) bond motifs is 1. The molecule has 0 spiro atoms. The molecule has 1 aromatic heterocycles. The number of halogens is 1. The molecule has 0 radical (unpaired) electrons. The topological polar surface area (TPSA) is 29.0 Å². The van der Waals surface area contributed by atoms with Gasteiger partial charge in [0, 0.05) is 29.5 Å². The van der Waals surface area contributed by atoms with Crippen LogP contribution in [0, 0.1) is 0 Å². The second kappa shape index (κ2) is 4.61. The first kappa shape index (κ1) is 11.0. The van der Waals surface area contributed by atoms with Crippen LogP contribution in [0.5, 0.6) is 0 Å². The molecule has 0 saturated carbocycles. The first-order chi connectivity index (χ1) is 8.33. The first-order valence-electron chi connectivity index (χ1n) is 5.94. The minimum atomic E-state index is 0.561. The summed E-state index contributed by atoms with van der Waals surface area (Å²) in [5.41, 5.74) is 1.02. The number of para-hydroxylation sites is 1. The Hall–Kier alpha value is -1.16. The Kier molecular flexibility index (Phi) is 2.97. The summed E-state index contributed by atoms with van der Waals surface area (Å²) >= 11 is 3.68. The maximum absolute atomic E-state index is 4.63. The van der Waals surface area contributed by atoms with Crippen molar-refractivity contribution in [1.82, 2.24) is 9.97 Å². The molecule has 1 aromatic carbocycles. The van der Waals surface area contributed by atoms with E-state index in [0.717, 1.165) is 29.9 Å². The highest BCUT2D eigenvalue weighted by Gasteiger charge is 2.19. The van der Waals surface area contributed by atoms with Gasteiger partial charge in [0.15, 0.2) is 0 Å². The summed E-state index contributed by atoms with van der Waals surface area (Å²) in [6.45, 7) is 2.05. The number of benzene rings is 1. The van der Waals surface area contributed by atoms with Crippen molar-refractivity contribution in [3.63, 3.8) is 0 Å². The zero-order valence-electron chi connectivity index (χ0n) is 9.51. The van der Waals surface area contributed by atoms with Crippen LogP contribution in [0.2, 0.25) is 0 Å². The van der Waals surface area contributed by atoms with Crippen molar-refractivity contribution in [2.75, 3.05) is 18.0 Å². The van der Waals surface area contributed by atoms with Gasteiger partial charge in [0.2, 0.25) is 5.95 Å². The SMILES string of the molecule is BrC1CCCN(c2ncc3ccccc3n2)C1. The number of piperidine rings is 1. The van der Waals surface area contributed by atoms with Gasteiger partial charge in [0.25, 0.3) is 0 Å². The third-order valence-corrected chi connectivity index (χ3v) is 3.87. The van der Waals surface area contributed by atoms with Gasteiger partial charge in [0.1, 0.15) is 0 Å². The van der Waals surface area contributed by atoms with Crippen LogP contribution in [0.25, 0.3) is 10.9 Å². The average molecular weight is 292 g/mol. The zero-order valence-corrected chi connectivity index (χ0v) is 11.1. The summed E-state index contributed by atoms with van der Waals surface area (Å²) in [6, 6.07) is 8.11. The van der Waals surface area contributed by atoms with Crippen molar-refractivity contribution in [2.24, 2.45) is 0 Å². The van der Waals surface area contributed by atoms with E-state index in [9.17, 15) is 0 Å². The Morgan fingerprint density at radius 2 is 2.18 bits per heavy atom. The fraction of sp³-hybridized carbons (Fsp3) is 0.385. The average Bonchev–Trinajstić information content (AvgIpc) is 2.38. The van der Waals surface area contributed by atoms with E-state index in [1.807, 2.05) is 30.5 Å². The van der Waals surface area contributed by atoms with Gasteiger partial charge in [-0.25, -0.2) is 9.97 Å². The predicted molar refractivity (Wildman–Crippen MR) is 73.7 cm³/mol. The summed E-state index contributed by atoms with van der Waals surface area (Å²) in [5, 5.41) is 1.10. The number of anilines is 1. The molecule has 88 valence electrons. The molecule has 3 rings (SSSR count). The molecule has 1 atom stereocenters. The normalized spacial score (nSPS) is 20.8. The lowest BCUT2D eigenvalue weighted by atomic mass is 10.1. The van der Waals surface area contributed by atoms with Gasteiger partial charge in [-0.15, -0.1) is 0 Å². The first-order valence-corrected chi connectivity index (χ1v) is 6.85. The lowest BCUT2D eigenvalue weighted by Gasteiger charge is -2.29. The number of hydrogen-bond acceptors (Lipinski definition) is 3. The van der Waals surface area contributed by atoms with Crippen molar-refractivity contribution < 1.29 is 0 Å². The van der Waals surface area contributed by atoms with Gasteiger partial charge >= 0.3 is 0 Å². The van der Waals surface area contributed by atoms with Gasteiger partial charge in [-0.05, 0) is 18.9 Å². The lowest BCUT2D eigenvalue weighted by molar-refractivity contribution is 0.586. The molecule has 0 amide bonds. The van der Waals surface area contributed by atoms with E-state index >= 15 is 0 Å². The second-order valence-electron chi connectivity index (χ2n) is 4.41. The minimum absolute atomic E-state index is 0.561. The van der Waals surface area contributed by atoms with Crippen LogP contribution in [0.4, 0.5) is 5.95 Å². The fourth-order valence-corrected chi connectivity index (χ4v) is 2.90. The van der Waals surface area contributed by atoms with E-state index in [0.29, 0.717) is 4.83 Å². The number of aromatic nitrogens is 2. The molecule has 4 heteroatoms.